The Morgan fingerprint density at radius 1 is 1.12 bits per heavy atom. The molecule has 1 heterocycles. The third-order valence-electron chi connectivity index (χ3n) is 6.48. The molecule has 4 rings (SSSR count). The molecule has 3 aromatic rings. The van der Waals surface area contributed by atoms with Gasteiger partial charge in [0.15, 0.2) is 0 Å². The van der Waals surface area contributed by atoms with Gasteiger partial charge in [-0.3, -0.25) is 9.78 Å². The van der Waals surface area contributed by atoms with E-state index in [0.29, 0.717) is 25.0 Å². The summed E-state index contributed by atoms with van der Waals surface area (Å²) < 4.78 is 0. The minimum Gasteiger partial charge on any atom is -0.481 e. The van der Waals surface area contributed by atoms with Crippen LogP contribution in [0.3, 0.4) is 0 Å². The van der Waals surface area contributed by atoms with Crippen LogP contribution in [-0.2, 0) is 4.79 Å². The highest BCUT2D eigenvalue weighted by atomic mass is 16.4. The molecule has 0 unspecified atom stereocenters. The minimum absolute atomic E-state index is 0.0136. The van der Waals surface area contributed by atoms with Crippen molar-refractivity contribution in [3.05, 3.63) is 94.8 Å². The van der Waals surface area contributed by atoms with Crippen molar-refractivity contribution < 1.29 is 15.1 Å². The molecule has 33 heavy (non-hydrogen) atoms. The van der Waals surface area contributed by atoms with Crippen molar-refractivity contribution in [2.45, 2.75) is 45.1 Å². The summed E-state index contributed by atoms with van der Waals surface area (Å²) in [5.41, 5.74) is 6.83. The number of carboxylic acids is 1. The average molecular weight is 444 g/mol. The van der Waals surface area contributed by atoms with Gasteiger partial charge in [-0.1, -0.05) is 41.6 Å². The van der Waals surface area contributed by atoms with Gasteiger partial charge in [-0.05, 0) is 67.6 Å². The number of aliphatic carboxylic acids is 1. The fraction of sp³-hybridized carbons (Fsp3) is 0.296. The molecule has 2 aromatic carbocycles. The van der Waals surface area contributed by atoms with E-state index in [0.717, 1.165) is 22.5 Å². The maximum atomic E-state index is 11.0. The van der Waals surface area contributed by atoms with Crippen LogP contribution in [0.5, 0.6) is 0 Å². The Labute approximate surface area is 194 Å². The fourth-order valence-electron chi connectivity index (χ4n) is 4.50. The maximum Gasteiger partial charge on any atom is 0.306 e. The van der Waals surface area contributed by atoms with E-state index in [1.54, 1.807) is 6.20 Å². The Balaban J connectivity index is 1.58. The zero-order valence-corrected chi connectivity index (χ0v) is 18.9. The van der Waals surface area contributed by atoms with Crippen molar-refractivity contribution >= 4 is 17.4 Å². The summed E-state index contributed by atoms with van der Waals surface area (Å²) in [5.74, 6) is -0.935. The maximum absolute atomic E-state index is 11.0. The van der Waals surface area contributed by atoms with Gasteiger partial charge in [0.2, 0.25) is 0 Å². The van der Waals surface area contributed by atoms with E-state index in [2.05, 4.69) is 46.6 Å². The number of benzene rings is 2. The lowest BCUT2D eigenvalue weighted by Gasteiger charge is -2.33. The predicted molar refractivity (Wildman–Crippen MR) is 129 cm³/mol. The van der Waals surface area contributed by atoms with Crippen molar-refractivity contribution in [2.75, 3.05) is 5.32 Å². The molecule has 0 radical (unpaired) electrons. The molecule has 1 saturated carbocycles. The SMILES string of the molecule is Cc1cc(/C(C[C@H](c2ccc(NC3CC(C(=O)O)C3)cc2)c2ccccc2C)=N\O)ccn1. The summed E-state index contributed by atoms with van der Waals surface area (Å²) in [7, 11) is 0. The highest BCUT2D eigenvalue weighted by Crippen LogP contribution is 2.34. The summed E-state index contributed by atoms with van der Waals surface area (Å²) in [6.07, 6.45) is 3.59. The largest absolute Gasteiger partial charge is 0.481 e. The average Bonchev–Trinajstić information content (AvgIpc) is 2.78. The quantitative estimate of drug-likeness (QED) is 0.247. The van der Waals surface area contributed by atoms with Gasteiger partial charge >= 0.3 is 5.97 Å². The number of nitrogens with one attached hydrogen (secondary N) is 1. The molecule has 6 heteroatoms. The molecular formula is C27H29N3O3. The number of hydrogen-bond donors (Lipinski definition) is 3. The molecule has 170 valence electrons. The lowest BCUT2D eigenvalue weighted by molar-refractivity contribution is -0.144. The van der Waals surface area contributed by atoms with Crippen LogP contribution in [0.2, 0.25) is 0 Å². The van der Waals surface area contributed by atoms with Crippen LogP contribution in [0.25, 0.3) is 0 Å². The Morgan fingerprint density at radius 2 is 1.85 bits per heavy atom. The molecule has 0 aliphatic heterocycles. The van der Waals surface area contributed by atoms with E-state index < -0.39 is 5.97 Å². The molecule has 6 nitrogen and oxygen atoms in total. The lowest BCUT2D eigenvalue weighted by atomic mass is 9.80. The van der Waals surface area contributed by atoms with Gasteiger partial charge in [0, 0.05) is 41.5 Å². The molecule has 1 fully saturated rings. The second-order valence-corrected chi connectivity index (χ2v) is 8.82. The summed E-state index contributed by atoms with van der Waals surface area (Å²) in [5, 5.41) is 26.0. The van der Waals surface area contributed by atoms with E-state index in [9.17, 15) is 10.0 Å². The zero-order valence-electron chi connectivity index (χ0n) is 18.9. The molecule has 0 amide bonds. The number of oxime groups is 1. The smallest absolute Gasteiger partial charge is 0.306 e. The number of carboxylic acid groups (broad SMARTS) is 1. The van der Waals surface area contributed by atoms with Gasteiger partial charge in [0.1, 0.15) is 0 Å². The van der Waals surface area contributed by atoms with Crippen molar-refractivity contribution in [3.8, 4) is 0 Å². The van der Waals surface area contributed by atoms with Crippen LogP contribution < -0.4 is 5.32 Å². The fourth-order valence-corrected chi connectivity index (χ4v) is 4.50. The van der Waals surface area contributed by atoms with E-state index in [4.69, 9.17) is 5.11 Å². The standard InChI is InChI=1S/C27H29N3O3/c1-17-5-3-4-6-24(17)25(16-26(30-33)20-11-12-28-18(2)13-20)19-7-9-22(10-8-19)29-23-14-21(15-23)27(31)32/h3-13,21,23,25,29,33H,14-16H2,1-2H3,(H,31,32)/b30-26-/t21?,23?,25-/m1/s1. The normalized spacial score (nSPS) is 18.9. The number of hydrogen-bond acceptors (Lipinski definition) is 5. The first-order valence-electron chi connectivity index (χ1n) is 11.2. The molecule has 0 bridgehead atoms. The molecule has 3 N–H and O–H groups in total. The van der Waals surface area contributed by atoms with Gasteiger partial charge < -0.3 is 15.6 Å². The van der Waals surface area contributed by atoms with E-state index in [1.807, 2.05) is 43.3 Å². The van der Waals surface area contributed by atoms with Gasteiger partial charge in [0.25, 0.3) is 0 Å². The van der Waals surface area contributed by atoms with E-state index >= 15 is 0 Å². The van der Waals surface area contributed by atoms with E-state index in [1.165, 1.54) is 11.1 Å². The molecule has 0 spiro atoms. The van der Waals surface area contributed by atoms with Gasteiger partial charge in [-0.2, -0.15) is 0 Å². The van der Waals surface area contributed by atoms with Crippen molar-refractivity contribution in [1.29, 1.82) is 0 Å². The van der Waals surface area contributed by atoms with Crippen LogP contribution in [0, 0.1) is 19.8 Å². The number of rotatable bonds is 8. The second-order valence-electron chi connectivity index (χ2n) is 8.82. The van der Waals surface area contributed by atoms with Crippen molar-refractivity contribution in [3.63, 3.8) is 0 Å². The monoisotopic (exact) mass is 443 g/mol. The first-order chi connectivity index (χ1) is 15.9. The second kappa shape index (κ2) is 9.86. The third kappa shape index (κ3) is 5.22. The third-order valence-corrected chi connectivity index (χ3v) is 6.48. The number of pyridine rings is 1. The van der Waals surface area contributed by atoms with Crippen molar-refractivity contribution in [2.24, 2.45) is 11.1 Å². The molecular weight excluding hydrogens is 414 g/mol. The topological polar surface area (TPSA) is 94.8 Å². The molecule has 1 aliphatic carbocycles. The summed E-state index contributed by atoms with van der Waals surface area (Å²) in [6, 6.07) is 20.6. The zero-order chi connectivity index (χ0) is 23.4. The number of nitrogens with zero attached hydrogens (tertiary/aromatic N) is 2. The Bertz CT molecular complexity index is 1150. The predicted octanol–water partition coefficient (Wildman–Crippen LogP) is 5.37. The van der Waals surface area contributed by atoms with E-state index in [-0.39, 0.29) is 17.9 Å². The van der Waals surface area contributed by atoms with Crippen LogP contribution >= 0.6 is 0 Å². The first-order valence-corrected chi connectivity index (χ1v) is 11.2. The molecule has 1 atom stereocenters. The highest BCUT2D eigenvalue weighted by Gasteiger charge is 2.34. The Hall–Kier alpha value is -3.67. The van der Waals surface area contributed by atoms with Crippen molar-refractivity contribution in [1.82, 2.24) is 4.98 Å². The van der Waals surface area contributed by atoms with Gasteiger partial charge in [-0.25, -0.2) is 0 Å². The number of aromatic nitrogens is 1. The Kier molecular flexibility index (Phi) is 6.73. The summed E-state index contributed by atoms with van der Waals surface area (Å²) in [4.78, 5) is 15.3. The van der Waals surface area contributed by atoms with Crippen LogP contribution in [0.15, 0.2) is 72.0 Å². The van der Waals surface area contributed by atoms with Gasteiger partial charge in [-0.15, -0.1) is 0 Å². The molecule has 1 aromatic heterocycles. The molecule has 0 saturated heterocycles. The Morgan fingerprint density at radius 3 is 2.48 bits per heavy atom. The van der Waals surface area contributed by atoms with Crippen LogP contribution in [-0.4, -0.2) is 33.0 Å². The minimum atomic E-state index is -0.713. The van der Waals surface area contributed by atoms with Crippen LogP contribution in [0.4, 0.5) is 5.69 Å². The highest BCUT2D eigenvalue weighted by molar-refractivity contribution is 6.01. The first kappa shape index (κ1) is 22.5. The lowest BCUT2D eigenvalue weighted by Crippen LogP contribution is -2.39. The number of carbonyl (C=O) groups is 1. The van der Waals surface area contributed by atoms with Gasteiger partial charge in [0.05, 0.1) is 11.6 Å². The number of anilines is 1. The molecule has 1 aliphatic rings. The number of aryl methyl sites for hydroxylation is 2. The van der Waals surface area contributed by atoms with Crippen LogP contribution in [0.1, 0.15) is 53.1 Å². The summed E-state index contributed by atoms with van der Waals surface area (Å²) in [6.45, 7) is 4.02. The summed E-state index contributed by atoms with van der Waals surface area (Å²) >= 11 is 0.